The molecule has 1 amide bonds. The molecule has 0 radical (unpaired) electrons. The molecule has 3 rings (SSSR count). The van der Waals surface area contributed by atoms with Crippen LogP contribution in [-0.4, -0.2) is 41.1 Å². The SMILES string of the molecule is CCn1c(CCn2cc([N+](=O)[O-])cn2)nnc1SCC(=O)NCc1ccc(Cl)cc1. The van der Waals surface area contributed by atoms with Crippen LogP contribution in [0.15, 0.2) is 41.8 Å². The first-order valence-corrected chi connectivity index (χ1v) is 10.6. The smallest absolute Gasteiger partial charge is 0.306 e. The average Bonchev–Trinajstić information content (AvgIpc) is 3.37. The lowest BCUT2D eigenvalue weighted by atomic mass is 10.2. The van der Waals surface area contributed by atoms with Crippen LogP contribution in [0.25, 0.3) is 0 Å². The number of aromatic nitrogens is 5. The van der Waals surface area contributed by atoms with Gasteiger partial charge in [0.2, 0.25) is 5.91 Å². The van der Waals surface area contributed by atoms with Crippen molar-refractivity contribution >= 4 is 35.0 Å². The van der Waals surface area contributed by atoms with Crippen LogP contribution in [0, 0.1) is 10.1 Å². The molecule has 0 bridgehead atoms. The molecule has 158 valence electrons. The molecule has 0 saturated heterocycles. The minimum atomic E-state index is -0.481. The first-order valence-electron chi connectivity index (χ1n) is 9.19. The number of nitrogens with zero attached hydrogens (tertiary/aromatic N) is 6. The Hall–Kier alpha value is -2.92. The van der Waals surface area contributed by atoms with E-state index in [1.807, 2.05) is 23.6 Å². The van der Waals surface area contributed by atoms with Crippen molar-refractivity contribution in [3.8, 4) is 0 Å². The number of rotatable bonds is 10. The number of nitro groups is 1. The van der Waals surface area contributed by atoms with Crippen molar-refractivity contribution in [2.75, 3.05) is 5.75 Å². The Morgan fingerprint density at radius 3 is 2.73 bits per heavy atom. The summed E-state index contributed by atoms with van der Waals surface area (Å²) in [6.45, 7) is 3.49. The molecule has 0 saturated carbocycles. The van der Waals surface area contributed by atoms with Crippen LogP contribution in [0.3, 0.4) is 0 Å². The van der Waals surface area contributed by atoms with Gasteiger partial charge in [-0.1, -0.05) is 35.5 Å². The van der Waals surface area contributed by atoms with Crippen LogP contribution in [0.4, 0.5) is 5.69 Å². The lowest BCUT2D eigenvalue weighted by Crippen LogP contribution is -2.24. The third-order valence-electron chi connectivity index (χ3n) is 4.24. The zero-order valence-electron chi connectivity index (χ0n) is 16.2. The predicted octanol–water partition coefficient (Wildman–Crippen LogP) is 2.71. The molecule has 0 atom stereocenters. The maximum Gasteiger partial charge on any atom is 0.306 e. The fourth-order valence-corrected chi connectivity index (χ4v) is 3.67. The fraction of sp³-hybridized carbons (Fsp3) is 0.333. The van der Waals surface area contributed by atoms with E-state index in [1.54, 1.807) is 12.1 Å². The number of amides is 1. The molecule has 2 aromatic heterocycles. The maximum atomic E-state index is 12.1. The van der Waals surface area contributed by atoms with Gasteiger partial charge in [-0.2, -0.15) is 5.10 Å². The molecule has 0 aliphatic carbocycles. The van der Waals surface area contributed by atoms with Gasteiger partial charge in [-0.05, 0) is 24.6 Å². The van der Waals surface area contributed by atoms with E-state index < -0.39 is 4.92 Å². The first kappa shape index (κ1) is 21.8. The highest BCUT2D eigenvalue weighted by atomic mass is 35.5. The van der Waals surface area contributed by atoms with Crippen LogP contribution >= 0.6 is 23.4 Å². The molecule has 2 heterocycles. The van der Waals surface area contributed by atoms with Crippen LogP contribution in [0.2, 0.25) is 5.02 Å². The fourth-order valence-electron chi connectivity index (χ4n) is 2.70. The minimum Gasteiger partial charge on any atom is -0.351 e. The highest BCUT2D eigenvalue weighted by molar-refractivity contribution is 7.99. The second-order valence-corrected chi connectivity index (χ2v) is 7.68. The Morgan fingerprint density at radius 2 is 2.07 bits per heavy atom. The van der Waals surface area contributed by atoms with Crippen LogP contribution in [0.5, 0.6) is 0 Å². The van der Waals surface area contributed by atoms with Gasteiger partial charge in [-0.3, -0.25) is 19.6 Å². The minimum absolute atomic E-state index is 0.0483. The molecule has 30 heavy (non-hydrogen) atoms. The van der Waals surface area contributed by atoms with Gasteiger partial charge in [0.25, 0.3) is 0 Å². The Bertz CT molecular complexity index is 1020. The van der Waals surface area contributed by atoms with Gasteiger partial charge in [-0.15, -0.1) is 10.2 Å². The van der Waals surface area contributed by atoms with E-state index in [2.05, 4.69) is 20.6 Å². The summed E-state index contributed by atoms with van der Waals surface area (Å²) in [4.78, 5) is 22.4. The van der Waals surface area contributed by atoms with Crippen molar-refractivity contribution in [2.24, 2.45) is 0 Å². The number of benzene rings is 1. The van der Waals surface area contributed by atoms with Crippen LogP contribution in [-0.2, 0) is 30.8 Å². The van der Waals surface area contributed by atoms with Crippen molar-refractivity contribution in [3.63, 3.8) is 0 Å². The molecule has 0 aliphatic heterocycles. The standard InChI is InChI=1S/C18H20ClN7O3S/c1-2-25-16(7-8-24-11-15(10-21-24)26(28)29)22-23-18(25)30-12-17(27)20-9-13-3-5-14(19)6-4-13/h3-6,10-11H,2,7-9,12H2,1H3,(H,20,27). The molecular weight excluding hydrogens is 430 g/mol. The first-order chi connectivity index (χ1) is 14.5. The normalized spacial score (nSPS) is 10.9. The number of carbonyl (C=O) groups is 1. The summed E-state index contributed by atoms with van der Waals surface area (Å²) in [5, 5.41) is 27.3. The number of aryl methyl sites for hydroxylation is 2. The largest absolute Gasteiger partial charge is 0.351 e. The molecule has 0 aliphatic rings. The van der Waals surface area contributed by atoms with Crippen LogP contribution in [0.1, 0.15) is 18.3 Å². The quantitative estimate of drug-likeness (QED) is 0.287. The summed E-state index contributed by atoms with van der Waals surface area (Å²) < 4.78 is 3.43. The Kier molecular flexibility index (Phi) is 7.41. The van der Waals surface area contributed by atoms with Gasteiger partial charge in [-0.25, -0.2) is 0 Å². The molecule has 3 aromatic rings. The summed E-state index contributed by atoms with van der Waals surface area (Å²) in [7, 11) is 0. The van der Waals surface area contributed by atoms with E-state index in [0.29, 0.717) is 36.2 Å². The summed E-state index contributed by atoms with van der Waals surface area (Å²) in [6.07, 6.45) is 3.12. The molecular formula is C18H20ClN7O3S. The second-order valence-electron chi connectivity index (χ2n) is 6.30. The summed E-state index contributed by atoms with van der Waals surface area (Å²) in [5.41, 5.74) is 0.920. The maximum absolute atomic E-state index is 12.1. The van der Waals surface area contributed by atoms with Crippen molar-refractivity contribution in [1.29, 1.82) is 0 Å². The number of carbonyl (C=O) groups excluding carboxylic acids is 1. The molecule has 0 spiro atoms. The zero-order valence-corrected chi connectivity index (χ0v) is 17.8. The van der Waals surface area contributed by atoms with Gasteiger partial charge >= 0.3 is 5.69 Å². The average molecular weight is 450 g/mol. The number of nitrogens with one attached hydrogen (secondary N) is 1. The van der Waals surface area contributed by atoms with Crippen molar-refractivity contribution in [2.45, 2.75) is 38.1 Å². The van der Waals surface area contributed by atoms with Gasteiger partial charge < -0.3 is 9.88 Å². The van der Waals surface area contributed by atoms with Gasteiger partial charge in [0.1, 0.15) is 18.2 Å². The lowest BCUT2D eigenvalue weighted by molar-refractivity contribution is -0.385. The molecule has 12 heteroatoms. The van der Waals surface area contributed by atoms with Crippen molar-refractivity contribution in [1.82, 2.24) is 29.9 Å². The van der Waals surface area contributed by atoms with E-state index in [1.165, 1.54) is 28.8 Å². The number of halogens is 1. The van der Waals surface area contributed by atoms with Gasteiger partial charge in [0.15, 0.2) is 5.16 Å². The highest BCUT2D eigenvalue weighted by Gasteiger charge is 2.14. The lowest BCUT2D eigenvalue weighted by Gasteiger charge is -2.08. The third kappa shape index (κ3) is 5.80. The molecule has 10 nitrogen and oxygen atoms in total. The molecule has 0 unspecified atom stereocenters. The Balaban J connectivity index is 1.51. The summed E-state index contributed by atoms with van der Waals surface area (Å²) in [6, 6.07) is 7.29. The number of hydrogen-bond acceptors (Lipinski definition) is 7. The van der Waals surface area contributed by atoms with Gasteiger partial charge in [0, 0.05) is 31.1 Å². The number of thioether (sulfide) groups is 1. The Labute approximate surface area is 181 Å². The van der Waals surface area contributed by atoms with Crippen molar-refractivity contribution < 1.29 is 9.72 Å². The van der Waals surface area contributed by atoms with Crippen LogP contribution < -0.4 is 5.32 Å². The van der Waals surface area contributed by atoms with E-state index >= 15 is 0 Å². The molecule has 1 aromatic carbocycles. The van der Waals surface area contributed by atoms with E-state index in [0.717, 1.165) is 11.4 Å². The van der Waals surface area contributed by atoms with Gasteiger partial charge in [0.05, 0.1) is 10.7 Å². The molecule has 1 N–H and O–H groups in total. The third-order valence-corrected chi connectivity index (χ3v) is 5.46. The second kappa shape index (κ2) is 10.2. The monoisotopic (exact) mass is 449 g/mol. The van der Waals surface area contributed by atoms with Crippen molar-refractivity contribution in [3.05, 3.63) is 63.2 Å². The summed E-state index contributed by atoms with van der Waals surface area (Å²) >= 11 is 7.17. The predicted molar refractivity (Wildman–Crippen MR) is 112 cm³/mol. The summed E-state index contributed by atoms with van der Waals surface area (Å²) in [5.74, 6) is 0.850. The zero-order chi connectivity index (χ0) is 21.5. The highest BCUT2D eigenvalue weighted by Crippen LogP contribution is 2.18. The van der Waals surface area contributed by atoms with E-state index in [-0.39, 0.29) is 17.3 Å². The van der Waals surface area contributed by atoms with E-state index in [4.69, 9.17) is 11.6 Å². The van der Waals surface area contributed by atoms with E-state index in [9.17, 15) is 14.9 Å². The number of hydrogen-bond donors (Lipinski definition) is 1. The topological polar surface area (TPSA) is 121 Å². The Morgan fingerprint density at radius 1 is 1.30 bits per heavy atom. The molecule has 0 fully saturated rings.